The molecule has 0 radical (unpaired) electrons. The Kier molecular flexibility index (Phi) is 3.84. The highest BCUT2D eigenvalue weighted by Gasteiger charge is 2.11. The van der Waals surface area contributed by atoms with Crippen molar-refractivity contribution in [1.29, 1.82) is 0 Å². The van der Waals surface area contributed by atoms with Gasteiger partial charge in [-0.25, -0.2) is 4.98 Å². The lowest BCUT2D eigenvalue weighted by Crippen LogP contribution is -2.12. The van der Waals surface area contributed by atoms with Crippen LogP contribution < -0.4 is 5.32 Å². The van der Waals surface area contributed by atoms with Gasteiger partial charge in [-0.05, 0) is 31.2 Å². The van der Waals surface area contributed by atoms with E-state index in [1.54, 1.807) is 6.07 Å². The van der Waals surface area contributed by atoms with Crippen molar-refractivity contribution in [2.75, 3.05) is 5.32 Å². The zero-order valence-electron chi connectivity index (χ0n) is 9.58. The molecular weight excluding hydrogens is 271 g/mol. The molecule has 0 aliphatic heterocycles. The van der Waals surface area contributed by atoms with Crippen molar-refractivity contribution in [1.82, 2.24) is 4.98 Å². The predicted molar refractivity (Wildman–Crippen MR) is 73.4 cm³/mol. The molecule has 1 aromatic carbocycles. The maximum Gasteiger partial charge on any atom is 0.258 e. The summed E-state index contributed by atoms with van der Waals surface area (Å²) in [6, 6.07) is 10.5. The fourth-order valence-corrected chi connectivity index (χ4v) is 1.85. The number of pyridine rings is 1. The van der Waals surface area contributed by atoms with Gasteiger partial charge in [0.25, 0.3) is 5.91 Å². The Balaban J connectivity index is 2.19. The van der Waals surface area contributed by atoms with E-state index in [2.05, 4.69) is 10.3 Å². The van der Waals surface area contributed by atoms with E-state index >= 15 is 0 Å². The van der Waals surface area contributed by atoms with Crippen LogP contribution in [0.15, 0.2) is 36.4 Å². The molecule has 0 fully saturated rings. The van der Waals surface area contributed by atoms with Crippen LogP contribution >= 0.6 is 23.2 Å². The maximum absolute atomic E-state index is 12.0. The number of benzene rings is 1. The molecule has 0 atom stereocenters. The van der Waals surface area contributed by atoms with Gasteiger partial charge in [0.2, 0.25) is 0 Å². The highest BCUT2D eigenvalue weighted by atomic mass is 35.5. The number of aryl methyl sites for hydroxylation is 1. The zero-order chi connectivity index (χ0) is 13.1. The number of amides is 1. The van der Waals surface area contributed by atoms with Crippen LogP contribution in [0.5, 0.6) is 0 Å². The van der Waals surface area contributed by atoms with Crippen molar-refractivity contribution in [3.05, 3.63) is 57.8 Å². The number of carbonyl (C=O) groups excluding carboxylic acids is 1. The Morgan fingerprint density at radius 2 is 1.78 bits per heavy atom. The van der Waals surface area contributed by atoms with E-state index in [0.717, 1.165) is 5.56 Å². The third-order valence-corrected chi connectivity index (χ3v) is 2.87. The van der Waals surface area contributed by atoms with Crippen LogP contribution in [0.25, 0.3) is 0 Å². The average molecular weight is 281 g/mol. The van der Waals surface area contributed by atoms with E-state index in [1.807, 2.05) is 31.2 Å². The molecule has 5 heteroatoms. The van der Waals surface area contributed by atoms with Gasteiger partial charge < -0.3 is 5.32 Å². The van der Waals surface area contributed by atoms with Gasteiger partial charge in [0.05, 0.1) is 5.56 Å². The molecule has 0 unspecified atom stereocenters. The van der Waals surface area contributed by atoms with Crippen molar-refractivity contribution in [2.24, 2.45) is 0 Å². The van der Waals surface area contributed by atoms with Crippen LogP contribution in [0.2, 0.25) is 10.3 Å². The topological polar surface area (TPSA) is 42.0 Å². The third-order valence-electron chi connectivity index (χ3n) is 2.37. The molecule has 1 amide bonds. The summed E-state index contributed by atoms with van der Waals surface area (Å²) in [4.78, 5) is 15.8. The molecular formula is C13H10Cl2N2O. The van der Waals surface area contributed by atoms with Crippen LogP contribution in [0.1, 0.15) is 15.9 Å². The molecule has 0 aliphatic rings. The van der Waals surface area contributed by atoms with Crippen molar-refractivity contribution >= 4 is 34.8 Å². The smallest absolute Gasteiger partial charge is 0.258 e. The molecule has 0 spiro atoms. The van der Waals surface area contributed by atoms with Crippen LogP contribution in [0.4, 0.5) is 5.69 Å². The second kappa shape index (κ2) is 5.38. The molecule has 0 aliphatic carbocycles. The maximum atomic E-state index is 12.0. The van der Waals surface area contributed by atoms with E-state index in [1.165, 1.54) is 6.07 Å². The first-order chi connectivity index (χ1) is 8.56. The van der Waals surface area contributed by atoms with Gasteiger partial charge in [-0.1, -0.05) is 40.9 Å². The van der Waals surface area contributed by atoms with E-state index in [9.17, 15) is 4.79 Å². The summed E-state index contributed by atoms with van der Waals surface area (Å²) in [6.45, 7) is 1.98. The first-order valence-electron chi connectivity index (χ1n) is 5.26. The Morgan fingerprint density at radius 3 is 2.39 bits per heavy atom. The Hall–Kier alpha value is -1.58. The molecule has 3 nitrogen and oxygen atoms in total. The van der Waals surface area contributed by atoms with Crippen molar-refractivity contribution < 1.29 is 4.79 Å². The summed E-state index contributed by atoms with van der Waals surface area (Å²) in [5, 5.41) is 3.09. The van der Waals surface area contributed by atoms with E-state index < -0.39 is 0 Å². The molecule has 1 aromatic heterocycles. The Morgan fingerprint density at radius 1 is 1.11 bits per heavy atom. The highest BCUT2D eigenvalue weighted by Crippen LogP contribution is 2.18. The first kappa shape index (κ1) is 12.9. The van der Waals surface area contributed by atoms with Crippen molar-refractivity contribution in [3.8, 4) is 0 Å². The molecule has 0 saturated carbocycles. The van der Waals surface area contributed by atoms with Crippen LogP contribution in [-0.2, 0) is 0 Å². The normalized spacial score (nSPS) is 10.2. The molecule has 1 heterocycles. The molecule has 2 rings (SSSR count). The minimum absolute atomic E-state index is 0.0899. The summed E-state index contributed by atoms with van der Waals surface area (Å²) in [7, 11) is 0. The number of rotatable bonds is 2. The second-order valence-electron chi connectivity index (χ2n) is 3.79. The molecule has 0 saturated heterocycles. The molecule has 0 bridgehead atoms. The highest BCUT2D eigenvalue weighted by molar-refractivity contribution is 6.35. The summed E-state index contributed by atoms with van der Waals surface area (Å²) in [6.07, 6.45) is 0. The second-order valence-corrected chi connectivity index (χ2v) is 4.54. The lowest BCUT2D eigenvalue weighted by molar-refractivity contribution is 0.102. The summed E-state index contributed by atoms with van der Waals surface area (Å²) in [5.41, 5.74) is 2.12. The van der Waals surface area contributed by atoms with Gasteiger partial charge in [-0.15, -0.1) is 0 Å². The third kappa shape index (κ3) is 3.00. The van der Waals surface area contributed by atoms with Gasteiger partial charge in [-0.2, -0.15) is 0 Å². The Labute approximate surface area is 115 Å². The lowest BCUT2D eigenvalue weighted by atomic mass is 10.2. The number of hydrogen-bond acceptors (Lipinski definition) is 2. The molecule has 2 aromatic rings. The number of aromatic nitrogens is 1. The standard InChI is InChI=1S/C13H10Cl2N2O/c1-8-2-4-9(5-3-8)16-13(18)10-6-7-11(14)17-12(10)15/h2-7H,1H3,(H,16,18). The van der Waals surface area contributed by atoms with Gasteiger partial charge >= 0.3 is 0 Å². The van der Waals surface area contributed by atoms with Gasteiger partial charge in [0.15, 0.2) is 0 Å². The fraction of sp³-hybridized carbons (Fsp3) is 0.0769. The monoisotopic (exact) mass is 280 g/mol. The van der Waals surface area contributed by atoms with Crippen LogP contribution in [0.3, 0.4) is 0 Å². The number of anilines is 1. The van der Waals surface area contributed by atoms with Crippen molar-refractivity contribution in [3.63, 3.8) is 0 Å². The predicted octanol–water partition coefficient (Wildman–Crippen LogP) is 3.95. The number of nitrogens with zero attached hydrogens (tertiary/aromatic N) is 1. The minimum Gasteiger partial charge on any atom is -0.322 e. The number of halogens is 2. The number of carbonyl (C=O) groups is 1. The van der Waals surface area contributed by atoms with Crippen LogP contribution in [-0.4, -0.2) is 10.9 Å². The summed E-state index contributed by atoms with van der Waals surface area (Å²) in [5.74, 6) is -0.312. The van der Waals surface area contributed by atoms with E-state index in [-0.39, 0.29) is 16.2 Å². The van der Waals surface area contributed by atoms with Gasteiger partial charge in [0, 0.05) is 5.69 Å². The van der Waals surface area contributed by atoms with Crippen molar-refractivity contribution in [2.45, 2.75) is 6.92 Å². The number of hydrogen-bond donors (Lipinski definition) is 1. The molecule has 18 heavy (non-hydrogen) atoms. The van der Waals surface area contributed by atoms with E-state index in [0.29, 0.717) is 11.3 Å². The van der Waals surface area contributed by atoms with Crippen LogP contribution in [0, 0.1) is 6.92 Å². The molecule has 1 N–H and O–H groups in total. The SMILES string of the molecule is Cc1ccc(NC(=O)c2ccc(Cl)nc2Cl)cc1. The lowest BCUT2D eigenvalue weighted by Gasteiger charge is -2.06. The van der Waals surface area contributed by atoms with Gasteiger partial charge in [-0.3, -0.25) is 4.79 Å². The number of nitrogens with one attached hydrogen (secondary N) is 1. The van der Waals surface area contributed by atoms with E-state index in [4.69, 9.17) is 23.2 Å². The Bertz CT molecular complexity index is 582. The first-order valence-corrected chi connectivity index (χ1v) is 6.02. The minimum atomic E-state index is -0.312. The zero-order valence-corrected chi connectivity index (χ0v) is 11.1. The fourth-order valence-electron chi connectivity index (χ4n) is 1.42. The quantitative estimate of drug-likeness (QED) is 0.847. The summed E-state index contributed by atoms with van der Waals surface area (Å²) < 4.78 is 0. The largest absolute Gasteiger partial charge is 0.322 e. The molecule has 92 valence electrons. The average Bonchev–Trinajstić information content (AvgIpc) is 2.32. The summed E-state index contributed by atoms with van der Waals surface area (Å²) >= 11 is 11.5. The van der Waals surface area contributed by atoms with Gasteiger partial charge in [0.1, 0.15) is 10.3 Å².